The van der Waals surface area contributed by atoms with E-state index in [4.69, 9.17) is 39.8 Å². The van der Waals surface area contributed by atoms with Crippen LogP contribution in [0.1, 0.15) is 51.2 Å². The minimum absolute atomic E-state index is 0.0146. The number of carbonyl (C=O) groups is 2. The number of amides is 2. The molecule has 2 amide bonds. The van der Waals surface area contributed by atoms with Crippen molar-refractivity contribution in [3.63, 3.8) is 0 Å². The fraction of sp³-hybridized carbons (Fsp3) is 0.423. The summed E-state index contributed by atoms with van der Waals surface area (Å²) in [4.78, 5) is 33.0. The first-order chi connectivity index (χ1) is 16.5. The zero-order valence-corrected chi connectivity index (χ0v) is 23.6. The Hall–Kier alpha value is -1.73. The number of hydrogen-bond acceptors (Lipinski definition) is 4. The number of benzene rings is 2. The molecule has 0 radical (unpaired) electrons. The Bertz CT molecular complexity index is 1150. The average molecular weight is 555 g/mol. The number of thioether (sulfide) groups is 1. The van der Waals surface area contributed by atoms with Gasteiger partial charge in [0, 0.05) is 12.5 Å². The van der Waals surface area contributed by atoms with Crippen LogP contribution in [0.4, 0.5) is 11.4 Å². The van der Waals surface area contributed by atoms with Gasteiger partial charge in [0.1, 0.15) is 5.25 Å². The lowest BCUT2D eigenvalue weighted by atomic mass is 10.0. The largest absolute Gasteiger partial charge is 0.325 e. The molecule has 0 aromatic heterocycles. The van der Waals surface area contributed by atoms with Gasteiger partial charge >= 0.3 is 0 Å². The highest BCUT2D eigenvalue weighted by Gasteiger charge is 2.41. The van der Waals surface area contributed by atoms with Crippen LogP contribution < -0.4 is 5.32 Å². The third kappa shape index (κ3) is 7.16. The van der Waals surface area contributed by atoms with Gasteiger partial charge in [0.05, 0.1) is 26.4 Å². The highest BCUT2D eigenvalue weighted by Crippen LogP contribution is 2.36. The normalized spacial score (nSPS) is 18.0. The Morgan fingerprint density at radius 1 is 1.06 bits per heavy atom. The smallest absolute Gasteiger partial charge is 0.242 e. The van der Waals surface area contributed by atoms with E-state index < -0.39 is 5.25 Å². The van der Waals surface area contributed by atoms with Gasteiger partial charge in [-0.25, -0.2) is 4.99 Å². The zero-order chi connectivity index (χ0) is 25.9. The van der Waals surface area contributed by atoms with Crippen LogP contribution in [0.15, 0.2) is 35.3 Å². The zero-order valence-electron chi connectivity index (χ0n) is 20.5. The number of halogens is 3. The minimum atomic E-state index is -0.582. The number of hydrogen-bond donors (Lipinski definition) is 1. The predicted octanol–water partition coefficient (Wildman–Crippen LogP) is 8.05. The quantitative estimate of drug-likeness (QED) is 0.336. The molecule has 2 aromatic carbocycles. The molecule has 0 aliphatic carbocycles. The fourth-order valence-electron chi connectivity index (χ4n) is 3.73. The Morgan fingerprint density at radius 3 is 2.43 bits per heavy atom. The molecule has 5 nitrogen and oxygen atoms in total. The Labute approximate surface area is 226 Å². The number of aryl methyl sites for hydroxylation is 2. The van der Waals surface area contributed by atoms with Crippen molar-refractivity contribution in [2.45, 2.75) is 65.2 Å². The molecule has 35 heavy (non-hydrogen) atoms. The van der Waals surface area contributed by atoms with Crippen LogP contribution in [0.2, 0.25) is 15.1 Å². The van der Waals surface area contributed by atoms with Crippen molar-refractivity contribution >= 4 is 74.9 Å². The van der Waals surface area contributed by atoms with E-state index in [1.807, 2.05) is 39.0 Å². The van der Waals surface area contributed by atoms with E-state index in [9.17, 15) is 9.59 Å². The van der Waals surface area contributed by atoms with Crippen molar-refractivity contribution in [3.05, 3.63) is 56.5 Å². The Kier molecular flexibility index (Phi) is 9.55. The van der Waals surface area contributed by atoms with E-state index >= 15 is 0 Å². The first-order valence-electron chi connectivity index (χ1n) is 11.6. The molecule has 1 heterocycles. The van der Waals surface area contributed by atoms with Crippen molar-refractivity contribution in [1.82, 2.24) is 4.90 Å². The summed E-state index contributed by atoms with van der Waals surface area (Å²) >= 11 is 19.6. The topological polar surface area (TPSA) is 61.8 Å². The molecule has 0 spiro atoms. The molecule has 1 aliphatic rings. The molecule has 3 rings (SSSR count). The molecule has 2 atom stereocenters. The third-order valence-corrected chi connectivity index (χ3v) is 7.99. The number of nitrogens with one attached hydrogen (secondary N) is 1. The SMILES string of the molecule is Cc1ccc(C)c(N=C2S[C@H](CC(=O)Nc3cc(Cl)c(Cl)cc3Cl)C(=O)N2[C@@H](C)CCC(C)C)c1. The van der Waals surface area contributed by atoms with Gasteiger partial charge in [0.2, 0.25) is 11.8 Å². The van der Waals surface area contributed by atoms with Crippen molar-refractivity contribution < 1.29 is 9.59 Å². The van der Waals surface area contributed by atoms with Crippen molar-refractivity contribution in [2.75, 3.05) is 5.32 Å². The first-order valence-corrected chi connectivity index (χ1v) is 13.6. The molecular weight excluding hydrogens is 525 g/mol. The van der Waals surface area contributed by atoms with E-state index in [1.54, 1.807) is 4.90 Å². The van der Waals surface area contributed by atoms with Crippen molar-refractivity contribution in [1.29, 1.82) is 0 Å². The Balaban J connectivity index is 1.84. The van der Waals surface area contributed by atoms with E-state index in [2.05, 4.69) is 19.2 Å². The lowest BCUT2D eigenvalue weighted by molar-refractivity contribution is -0.129. The van der Waals surface area contributed by atoms with Gasteiger partial charge in [-0.3, -0.25) is 14.5 Å². The summed E-state index contributed by atoms with van der Waals surface area (Å²) in [5.41, 5.74) is 3.31. The van der Waals surface area contributed by atoms with Gasteiger partial charge in [0.15, 0.2) is 5.17 Å². The van der Waals surface area contributed by atoms with Crippen LogP contribution in [0.3, 0.4) is 0 Å². The minimum Gasteiger partial charge on any atom is -0.325 e. The van der Waals surface area contributed by atoms with Gasteiger partial charge in [0.25, 0.3) is 0 Å². The first kappa shape index (κ1) is 27.9. The summed E-state index contributed by atoms with van der Waals surface area (Å²) in [6.45, 7) is 10.4. The van der Waals surface area contributed by atoms with Gasteiger partial charge in [-0.05, 0) is 68.9 Å². The highest BCUT2D eigenvalue weighted by molar-refractivity contribution is 8.15. The molecule has 2 aromatic rings. The van der Waals surface area contributed by atoms with Crippen molar-refractivity contribution in [3.8, 4) is 0 Å². The molecule has 1 aliphatic heterocycles. The van der Waals surface area contributed by atoms with E-state index in [0.717, 1.165) is 29.7 Å². The van der Waals surface area contributed by atoms with Crippen LogP contribution in [-0.2, 0) is 9.59 Å². The average Bonchev–Trinajstić information content (AvgIpc) is 3.07. The summed E-state index contributed by atoms with van der Waals surface area (Å²) in [5.74, 6) is 0.0874. The maximum atomic E-state index is 13.5. The molecule has 1 fully saturated rings. The number of rotatable bonds is 8. The molecule has 188 valence electrons. The van der Waals surface area contributed by atoms with Crippen LogP contribution in [0, 0.1) is 19.8 Å². The maximum absolute atomic E-state index is 13.5. The molecule has 9 heteroatoms. The molecule has 0 unspecified atom stereocenters. The third-order valence-electron chi connectivity index (χ3n) is 5.80. The van der Waals surface area contributed by atoms with Crippen molar-refractivity contribution in [2.24, 2.45) is 10.9 Å². The van der Waals surface area contributed by atoms with Gasteiger partial charge in [-0.1, -0.05) is 72.5 Å². The standard InChI is InChI=1S/C26H30Cl3N3O2S/c1-14(2)6-9-17(5)32-25(34)23(35-26(32)31-21-10-15(3)7-8-16(21)4)13-24(33)30-22-12-19(28)18(27)11-20(22)29/h7-8,10-12,14,17,23H,6,9,13H2,1-5H3,(H,30,33)/t17-,23+/m0/s1. The highest BCUT2D eigenvalue weighted by atomic mass is 35.5. The molecule has 0 bridgehead atoms. The van der Waals surface area contributed by atoms with Gasteiger partial charge in [-0.2, -0.15) is 0 Å². The Morgan fingerprint density at radius 2 is 1.74 bits per heavy atom. The maximum Gasteiger partial charge on any atom is 0.242 e. The lowest BCUT2D eigenvalue weighted by Gasteiger charge is -2.25. The van der Waals surface area contributed by atoms with E-state index in [0.29, 0.717) is 21.8 Å². The van der Waals surface area contributed by atoms with Gasteiger partial charge < -0.3 is 5.32 Å². The van der Waals surface area contributed by atoms with Crippen LogP contribution >= 0.6 is 46.6 Å². The fourth-order valence-corrected chi connectivity index (χ4v) is 5.57. The summed E-state index contributed by atoms with van der Waals surface area (Å²) in [7, 11) is 0. The second kappa shape index (κ2) is 12.0. The predicted molar refractivity (Wildman–Crippen MR) is 149 cm³/mol. The summed E-state index contributed by atoms with van der Waals surface area (Å²) in [6, 6.07) is 9.02. The number of aliphatic imine (C=N–C) groups is 1. The van der Waals surface area contributed by atoms with Crippen LogP contribution in [0.5, 0.6) is 0 Å². The number of carbonyl (C=O) groups excluding carboxylic acids is 2. The van der Waals surface area contributed by atoms with Gasteiger partial charge in [-0.15, -0.1) is 0 Å². The summed E-state index contributed by atoms with van der Waals surface area (Å²) in [6.07, 6.45) is 1.83. The monoisotopic (exact) mass is 553 g/mol. The molecule has 1 saturated heterocycles. The second-order valence-corrected chi connectivity index (χ2v) is 11.7. The number of anilines is 1. The molecule has 0 saturated carbocycles. The van der Waals surface area contributed by atoms with Crippen LogP contribution in [0.25, 0.3) is 0 Å². The van der Waals surface area contributed by atoms with Crippen LogP contribution in [-0.4, -0.2) is 33.2 Å². The molecule has 1 N–H and O–H groups in total. The van der Waals surface area contributed by atoms with E-state index in [-0.39, 0.29) is 34.3 Å². The molecular formula is C26H30Cl3N3O2S. The number of amidine groups is 1. The summed E-state index contributed by atoms with van der Waals surface area (Å²) < 4.78 is 0. The summed E-state index contributed by atoms with van der Waals surface area (Å²) in [5, 5.41) is 3.66. The number of nitrogens with zero attached hydrogens (tertiary/aromatic N) is 2. The van der Waals surface area contributed by atoms with E-state index in [1.165, 1.54) is 23.9 Å². The second-order valence-electron chi connectivity index (χ2n) is 9.32. The lowest BCUT2D eigenvalue weighted by Crippen LogP contribution is -2.40.